The van der Waals surface area contributed by atoms with E-state index in [1.54, 1.807) is 23.6 Å². The second-order valence-electron chi connectivity index (χ2n) is 9.08. The van der Waals surface area contributed by atoms with E-state index in [1.807, 2.05) is 18.7 Å². The minimum absolute atomic E-state index is 0.0353. The molecule has 4 rings (SSSR count). The summed E-state index contributed by atoms with van der Waals surface area (Å²) in [6, 6.07) is 4.75. The Bertz CT molecular complexity index is 1540. The van der Waals surface area contributed by atoms with E-state index in [1.165, 1.54) is 14.9 Å². The normalized spacial score (nSPS) is 15.4. The van der Waals surface area contributed by atoms with E-state index in [-0.39, 0.29) is 23.7 Å². The van der Waals surface area contributed by atoms with E-state index < -0.39 is 15.6 Å². The summed E-state index contributed by atoms with van der Waals surface area (Å²) in [5.74, 6) is 0.476. The van der Waals surface area contributed by atoms with E-state index in [9.17, 15) is 23.1 Å². The molecule has 0 radical (unpaired) electrons. The summed E-state index contributed by atoms with van der Waals surface area (Å²) in [5.41, 5.74) is 1.07. The van der Waals surface area contributed by atoms with Crippen LogP contribution >= 0.6 is 22.6 Å². The Hall–Kier alpha value is -2.20. The summed E-state index contributed by atoms with van der Waals surface area (Å²) in [5, 5.41) is 9.19. The number of hydrogen-bond acceptors (Lipinski definition) is 7. The molecule has 0 saturated carbocycles. The highest BCUT2D eigenvalue weighted by atomic mass is 127. The molecule has 1 aromatic carbocycles. The van der Waals surface area contributed by atoms with Gasteiger partial charge in [-0.3, -0.25) is 18.8 Å². The lowest BCUT2D eigenvalue weighted by molar-refractivity contribution is 0.151. The summed E-state index contributed by atoms with van der Waals surface area (Å²) in [6.45, 7) is 8.91. The summed E-state index contributed by atoms with van der Waals surface area (Å²) in [6.07, 6.45) is 0.705. The maximum atomic E-state index is 13.6. The first-order chi connectivity index (χ1) is 18.2. The second kappa shape index (κ2) is 11.9. The highest BCUT2D eigenvalue weighted by Gasteiger charge is 2.30. The average molecular weight is 660 g/mol. The van der Waals surface area contributed by atoms with Crippen molar-refractivity contribution in [2.24, 2.45) is 0 Å². The Morgan fingerprint density at radius 3 is 2.37 bits per heavy atom. The van der Waals surface area contributed by atoms with Gasteiger partial charge in [-0.25, -0.2) is 13.2 Å². The zero-order valence-electron chi connectivity index (χ0n) is 21.9. The topological polar surface area (TPSA) is 130 Å². The first-order valence-corrected chi connectivity index (χ1v) is 15.4. The molecular weight excluding hydrogens is 625 g/mol. The monoisotopic (exact) mass is 659 g/mol. The van der Waals surface area contributed by atoms with Crippen LogP contribution in [0.25, 0.3) is 22.3 Å². The molecule has 1 aliphatic heterocycles. The number of fused-ring (bicyclic) bond motifs is 1. The summed E-state index contributed by atoms with van der Waals surface area (Å²) < 4.78 is 38.0. The molecule has 3 aromatic rings. The van der Waals surface area contributed by atoms with Crippen molar-refractivity contribution in [1.29, 1.82) is 0 Å². The number of aryl methyl sites for hydroxylation is 1. The Kier molecular flexibility index (Phi) is 9.02. The number of aliphatic hydroxyl groups excluding tert-OH is 1. The molecule has 13 heteroatoms. The molecule has 3 heterocycles. The van der Waals surface area contributed by atoms with Gasteiger partial charge >= 0.3 is 5.69 Å². The molecule has 0 bridgehead atoms. The van der Waals surface area contributed by atoms with Gasteiger partial charge in [0.25, 0.3) is 5.56 Å². The quantitative estimate of drug-likeness (QED) is 0.318. The number of H-pyrrole nitrogens is 1. The van der Waals surface area contributed by atoms with Gasteiger partial charge in [0.15, 0.2) is 0 Å². The number of piperazine rings is 1. The predicted molar refractivity (Wildman–Crippen MR) is 154 cm³/mol. The average Bonchev–Trinajstić information content (AvgIpc) is 3.25. The lowest BCUT2D eigenvalue weighted by atomic mass is 10.1. The fourth-order valence-electron chi connectivity index (χ4n) is 4.86. The molecule has 1 saturated heterocycles. The highest BCUT2D eigenvalue weighted by Crippen LogP contribution is 2.37. The molecule has 0 unspecified atom stereocenters. The van der Waals surface area contributed by atoms with Gasteiger partial charge in [-0.2, -0.15) is 4.31 Å². The van der Waals surface area contributed by atoms with Crippen LogP contribution in [0, 0.1) is 3.57 Å². The van der Waals surface area contributed by atoms with Gasteiger partial charge < -0.3 is 14.8 Å². The third-order valence-corrected chi connectivity index (χ3v) is 9.72. The zero-order valence-corrected chi connectivity index (χ0v) is 24.8. The number of nitrogens with one attached hydrogen (secondary N) is 1. The van der Waals surface area contributed by atoms with Crippen LogP contribution in [0.5, 0.6) is 5.75 Å². The Morgan fingerprint density at radius 2 is 1.76 bits per heavy atom. The van der Waals surface area contributed by atoms with Crippen LogP contribution in [-0.4, -0.2) is 82.8 Å². The third-order valence-electron chi connectivity index (χ3n) is 6.77. The van der Waals surface area contributed by atoms with Crippen LogP contribution in [0.15, 0.2) is 32.7 Å². The molecule has 0 amide bonds. The number of aromatic nitrogens is 3. The van der Waals surface area contributed by atoms with Crippen LogP contribution in [0.2, 0.25) is 0 Å². The van der Waals surface area contributed by atoms with Gasteiger partial charge in [0, 0.05) is 51.4 Å². The SMILES string of the molecule is CCCn1c(=O)n(CC)c(=O)c2[nH]c(-c3cc(S(=O)(=O)N4CCN(CCO)CC4)ccc3OCC)c(I)c21. The largest absolute Gasteiger partial charge is 0.493 e. The zero-order chi connectivity index (χ0) is 27.6. The van der Waals surface area contributed by atoms with E-state index >= 15 is 0 Å². The van der Waals surface area contributed by atoms with E-state index in [0.29, 0.717) is 83.9 Å². The van der Waals surface area contributed by atoms with Crippen LogP contribution in [0.1, 0.15) is 27.2 Å². The second-order valence-corrected chi connectivity index (χ2v) is 12.1. The summed E-state index contributed by atoms with van der Waals surface area (Å²) >= 11 is 2.11. The van der Waals surface area contributed by atoms with E-state index in [2.05, 4.69) is 27.6 Å². The molecule has 0 spiro atoms. The van der Waals surface area contributed by atoms with E-state index in [4.69, 9.17) is 4.74 Å². The van der Waals surface area contributed by atoms with Crippen LogP contribution in [-0.2, 0) is 23.1 Å². The van der Waals surface area contributed by atoms with Crippen molar-refractivity contribution in [3.05, 3.63) is 42.6 Å². The van der Waals surface area contributed by atoms with Gasteiger partial charge in [0.05, 0.1) is 32.9 Å². The number of nitrogens with zero attached hydrogens (tertiary/aromatic N) is 4. The number of halogens is 1. The molecule has 0 aliphatic carbocycles. The summed E-state index contributed by atoms with van der Waals surface area (Å²) in [4.78, 5) is 31.7. The smallest absolute Gasteiger partial charge is 0.331 e. The van der Waals surface area contributed by atoms with Gasteiger partial charge in [-0.15, -0.1) is 0 Å². The molecule has 1 aliphatic rings. The van der Waals surface area contributed by atoms with Crippen molar-refractivity contribution < 1.29 is 18.3 Å². The number of aliphatic hydroxyl groups is 1. The van der Waals surface area contributed by atoms with Crippen LogP contribution in [0.3, 0.4) is 0 Å². The molecule has 11 nitrogen and oxygen atoms in total. The van der Waals surface area contributed by atoms with Gasteiger partial charge in [-0.1, -0.05) is 6.92 Å². The van der Waals surface area contributed by atoms with Crippen LogP contribution < -0.4 is 16.0 Å². The highest BCUT2D eigenvalue weighted by molar-refractivity contribution is 14.1. The molecule has 2 N–H and O–H groups in total. The molecule has 0 atom stereocenters. The Labute approximate surface area is 235 Å². The number of sulfonamides is 1. The first-order valence-electron chi connectivity index (χ1n) is 12.8. The van der Waals surface area contributed by atoms with Crippen LogP contribution in [0.4, 0.5) is 0 Å². The van der Waals surface area contributed by atoms with Gasteiger partial charge in [0.1, 0.15) is 11.3 Å². The van der Waals surface area contributed by atoms with Gasteiger partial charge in [-0.05, 0) is 61.1 Å². The minimum Gasteiger partial charge on any atom is -0.493 e. The maximum absolute atomic E-state index is 13.6. The van der Waals surface area contributed by atoms with Crippen molar-refractivity contribution >= 4 is 43.6 Å². The summed E-state index contributed by atoms with van der Waals surface area (Å²) in [7, 11) is -3.80. The number of β-amino-alcohol motifs (C(OH)–C–C–N with tert-alkyl or cyclic N) is 1. The van der Waals surface area contributed by atoms with Crippen molar-refractivity contribution in [2.45, 2.75) is 45.2 Å². The molecule has 2 aromatic heterocycles. The van der Waals surface area contributed by atoms with Crippen molar-refractivity contribution in [3.63, 3.8) is 0 Å². The fourth-order valence-corrected chi connectivity index (χ4v) is 7.30. The number of aromatic amines is 1. The van der Waals surface area contributed by atoms with E-state index in [0.717, 1.165) is 0 Å². The molecular formula is C25H34IN5O6S. The minimum atomic E-state index is -3.80. The number of ether oxygens (including phenoxy) is 1. The number of rotatable bonds is 10. The molecule has 1 fully saturated rings. The maximum Gasteiger partial charge on any atom is 0.331 e. The first kappa shape index (κ1) is 28.8. The lowest BCUT2D eigenvalue weighted by Crippen LogP contribution is -2.49. The van der Waals surface area contributed by atoms with Crippen molar-refractivity contribution in [3.8, 4) is 17.0 Å². The van der Waals surface area contributed by atoms with Crippen molar-refractivity contribution in [1.82, 2.24) is 23.3 Å². The lowest BCUT2D eigenvalue weighted by Gasteiger charge is -2.33. The van der Waals surface area contributed by atoms with Crippen molar-refractivity contribution in [2.75, 3.05) is 45.9 Å². The molecule has 38 heavy (non-hydrogen) atoms. The third kappa shape index (κ3) is 5.18. The number of hydrogen-bond donors (Lipinski definition) is 2. The predicted octanol–water partition coefficient (Wildman–Crippen LogP) is 1.89. The molecule has 208 valence electrons. The Morgan fingerprint density at radius 1 is 1.05 bits per heavy atom. The fraction of sp³-hybridized carbons (Fsp3) is 0.520. The standard InChI is InChI=1S/C25H34IN5O6S/c1-4-9-31-23-20(26)21(27-22(23)24(33)30(5-2)25(31)34)18-16-17(7-8-19(18)37-6-3)38(35,36)29-12-10-28(11-13-29)14-15-32/h7-8,16,27,32H,4-6,9-15H2,1-3H3. The number of benzene rings is 1. The Balaban J connectivity index is 1.87. The van der Waals surface area contributed by atoms with Gasteiger partial charge in [0.2, 0.25) is 10.0 Å².